The number of nitrogens with one attached hydrogen (secondary N) is 2. The van der Waals surface area contributed by atoms with Crippen molar-refractivity contribution in [2.45, 2.75) is 29.3 Å². The number of nitrogens with zero attached hydrogens (tertiary/aromatic N) is 5. The van der Waals surface area contributed by atoms with Crippen LogP contribution in [0.4, 0.5) is 9.93 Å². The Labute approximate surface area is 270 Å². The molecule has 4 atom stereocenters. The molecule has 1 unspecified atom stereocenters. The van der Waals surface area contributed by atoms with Crippen LogP contribution in [0, 0.1) is 0 Å². The Hall–Kier alpha value is -5.02. The number of carboxylic acid groups (broad SMARTS) is 2. The molecule has 5 amide bonds. The fraction of sp³-hybridized carbons (Fsp3) is 0.333. The number of thiazole rings is 1. The van der Waals surface area contributed by atoms with E-state index in [4.69, 9.17) is 27.3 Å². The minimum Gasteiger partial charge on any atom is -0.504 e. The summed E-state index contributed by atoms with van der Waals surface area (Å²) in [5.74, 6) is -6.72. The topological polar surface area (TPSA) is 278 Å². The van der Waals surface area contributed by atoms with Crippen LogP contribution >= 0.6 is 34.7 Å². The first kappa shape index (κ1) is 32.4. The van der Waals surface area contributed by atoms with Gasteiger partial charge in [-0.1, -0.05) is 28.5 Å². The van der Waals surface area contributed by atoms with Gasteiger partial charge >= 0.3 is 18.0 Å². The quantitative estimate of drug-likeness (QED) is 0.0696. The number of anilines is 1. The molecule has 3 aliphatic heterocycles. The van der Waals surface area contributed by atoms with Gasteiger partial charge in [-0.25, -0.2) is 24.4 Å². The molecule has 8 N–H and O–H groups in total. The number of thioether (sulfide) groups is 1. The van der Waals surface area contributed by atoms with Crippen molar-refractivity contribution in [2.24, 2.45) is 5.16 Å². The Morgan fingerprint density at radius 2 is 1.93 bits per heavy atom. The molecule has 46 heavy (non-hydrogen) atoms. The van der Waals surface area contributed by atoms with E-state index in [2.05, 4.69) is 20.9 Å². The van der Waals surface area contributed by atoms with Crippen molar-refractivity contribution in [1.82, 2.24) is 30.5 Å². The zero-order valence-electron chi connectivity index (χ0n) is 23.2. The average Bonchev–Trinajstić information content (AvgIpc) is 3.70. The van der Waals surface area contributed by atoms with Crippen LogP contribution in [0.3, 0.4) is 0 Å². The molecular formula is C24H23ClN8O11S2. The molecule has 1 aromatic carbocycles. The summed E-state index contributed by atoms with van der Waals surface area (Å²) in [6, 6.07) is -0.0583. The molecule has 3 saturated heterocycles. The molecule has 5 rings (SSSR count). The van der Waals surface area contributed by atoms with Crippen molar-refractivity contribution in [3.05, 3.63) is 33.8 Å². The number of nitrogen functional groups attached to an aromatic ring is 1. The Bertz CT molecular complexity index is 1710. The lowest BCUT2D eigenvalue weighted by molar-refractivity contribution is -0.151. The van der Waals surface area contributed by atoms with Crippen molar-refractivity contribution in [2.75, 3.05) is 25.4 Å². The largest absolute Gasteiger partial charge is 0.504 e. The highest BCUT2D eigenvalue weighted by Crippen LogP contribution is 2.49. The second kappa shape index (κ2) is 12.1. The second-order valence-electron chi connectivity index (χ2n) is 9.93. The lowest BCUT2D eigenvalue weighted by Crippen LogP contribution is -2.68. The minimum absolute atomic E-state index is 0.0613. The first-order chi connectivity index (χ1) is 21.7. The van der Waals surface area contributed by atoms with Gasteiger partial charge in [0, 0.05) is 11.9 Å². The Morgan fingerprint density at radius 1 is 1.22 bits per heavy atom. The molecule has 4 heterocycles. The van der Waals surface area contributed by atoms with Crippen molar-refractivity contribution in [3.63, 3.8) is 0 Å². The van der Waals surface area contributed by atoms with E-state index >= 15 is 0 Å². The number of phenols is 2. The van der Waals surface area contributed by atoms with E-state index in [0.717, 1.165) is 50.0 Å². The Balaban J connectivity index is 1.31. The van der Waals surface area contributed by atoms with Crippen LogP contribution in [0.15, 0.2) is 22.7 Å². The van der Waals surface area contributed by atoms with Crippen LogP contribution in [0.2, 0.25) is 5.02 Å². The summed E-state index contributed by atoms with van der Waals surface area (Å²) in [5, 5.41) is 45.6. The first-order valence-corrected chi connectivity index (χ1v) is 15.1. The third-order valence-electron chi connectivity index (χ3n) is 7.11. The fourth-order valence-electron chi connectivity index (χ4n) is 4.68. The number of oxime groups is 1. The molecule has 3 aliphatic rings. The van der Waals surface area contributed by atoms with Crippen LogP contribution in [0.1, 0.15) is 23.0 Å². The smallest absolute Gasteiger partial charge is 0.347 e. The van der Waals surface area contributed by atoms with E-state index in [0.29, 0.717) is 0 Å². The predicted molar refractivity (Wildman–Crippen MR) is 158 cm³/mol. The van der Waals surface area contributed by atoms with Gasteiger partial charge in [0.15, 0.2) is 22.3 Å². The van der Waals surface area contributed by atoms with Gasteiger partial charge < -0.3 is 41.2 Å². The molecule has 19 nitrogen and oxygen atoms in total. The lowest BCUT2D eigenvalue weighted by atomic mass is 10.1. The highest BCUT2D eigenvalue weighted by molar-refractivity contribution is 8.02. The number of hydrogen-bond donors (Lipinski definition) is 7. The van der Waals surface area contributed by atoms with Crippen LogP contribution in [-0.2, 0) is 24.0 Å². The monoisotopic (exact) mass is 698 g/mol. The number of aromatic hydroxyl groups is 2. The summed E-state index contributed by atoms with van der Waals surface area (Å²) in [6.45, 7) is 0.382. The molecule has 0 radical (unpaired) electrons. The number of phenolic OH excluding ortho intramolecular Hbond substituents is 2. The average molecular weight is 699 g/mol. The Kier molecular flexibility index (Phi) is 8.49. The number of aromatic nitrogens is 1. The van der Waals surface area contributed by atoms with E-state index in [9.17, 15) is 44.1 Å². The van der Waals surface area contributed by atoms with Crippen molar-refractivity contribution < 1.29 is 54.0 Å². The van der Waals surface area contributed by atoms with E-state index in [1.54, 1.807) is 0 Å². The number of hydrazine groups is 1. The predicted octanol–water partition coefficient (Wildman–Crippen LogP) is -0.753. The molecule has 1 aromatic heterocycles. The van der Waals surface area contributed by atoms with Gasteiger partial charge in [-0.3, -0.25) is 24.7 Å². The summed E-state index contributed by atoms with van der Waals surface area (Å²) >= 11 is 7.61. The molecule has 0 aliphatic carbocycles. The molecule has 3 fully saturated rings. The van der Waals surface area contributed by atoms with Crippen molar-refractivity contribution in [3.8, 4) is 11.5 Å². The number of benzene rings is 1. The van der Waals surface area contributed by atoms with E-state index in [1.165, 1.54) is 12.3 Å². The van der Waals surface area contributed by atoms with Crippen LogP contribution in [0.25, 0.3) is 0 Å². The van der Waals surface area contributed by atoms with E-state index in [1.807, 2.05) is 0 Å². The molecule has 244 valence electrons. The summed E-state index contributed by atoms with van der Waals surface area (Å²) in [4.78, 5) is 85.1. The number of hydrogen-bond acceptors (Lipinski definition) is 14. The van der Waals surface area contributed by atoms with Gasteiger partial charge in [-0.15, -0.1) is 11.3 Å². The van der Waals surface area contributed by atoms with Crippen LogP contribution in [0.5, 0.6) is 11.5 Å². The summed E-state index contributed by atoms with van der Waals surface area (Å²) in [6.07, 6.45) is -1.44. The summed E-state index contributed by atoms with van der Waals surface area (Å²) < 4.78 is 0. The SMILES string of the molecule is C[C@@H](O/N=C(\C(=O)N[C@@H]1C(=O)N2CC(C(=O)O)(N3CCN(NC(=O)c4ccc(O)c(O)c4Cl)C3=O)S[C@H]12)c1csc(N)n1)C(=O)O. The first-order valence-electron chi connectivity index (χ1n) is 13.0. The fourth-order valence-corrected chi connectivity index (χ4v) is 7.11. The summed E-state index contributed by atoms with van der Waals surface area (Å²) in [5.41, 5.74) is 7.12. The van der Waals surface area contributed by atoms with Gasteiger partial charge in [-0.05, 0) is 19.1 Å². The number of rotatable bonds is 10. The number of aliphatic carboxylic acids is 2. The number of fused-ring (bicyclic) bond motifs is 1. The van der Waals surface area contributed by atoms with Crippen LogP contribution < -0.4 is 16.5 Å². The minimum atomic E-state index is -2.01. The lowest BCUT2D eigenvalue weighted by Gasteiger charge is -2.41. The van der Waals surface area contributed by atoms with Gasteiger partial charge in [0.05, 0.1) is 23.7 Å². The van der Waals surface area contributed by atoms with E-state index in [-0.39, 0.29) is 29.5 Å². The number of urea groups is 1. The molecule has 0 spiro atoms. The van der Waals surface area contributed by atoms with Gasteiger partial charge in [-0.2, -0.15) is 0 Å². The summed E-state index contributed by atoms with van der Waals surface area (Å²) in [7, 11) is 0. The number of β-lactam (4-membered cyclic amide) rings is 1. The van der Waals surface area contributed by atoms with Gasteiger partial charge in [0.2, 0.25) is 16.9 Å². The molecule has 0 saturated carbocycles. The number of carboxylic acids is 2. The third-order valence-corrected chi connectivity index (χ3v) is 9.85. The maximum Gasteiger partial charge on any atom is 0.347 e. The standard InChI is InChI=1S/C24H23ClN8O11S2/c1-8(20(39)40)44-30-13(10-6-45-22(26)27-10)17(37)28-14-18(38)31-7-24(21(41)42,46-19(14)31)32-4-5-33(23(32)43)29-16(36)9-2-3-11(34)15(35)12(9)25/h2-3,6,8,14,19,34-35H,4-5,7H2,1H3,(H2,26,27)(H,28,37)(H,29,36)(H,39,40)(H,41,42)/b30-13-/t8-,14-,19-,24?/m1/s1. The maximum absolute atomic E-state index is 13.3. The highest BCUT2D eigenvalue weighted by atomic mass is 35.5. The maximum atomic E-state index is 13.3. The molecule has 22 heteroatoms. The van der Waals surface area contributed by atoms with Gasteiger partial charge in [0.25, 0.3) is 11.8 Å². The Morgan fingerprint density at radius 3 is 2.57 bits per heavy atom. The number of nitrogens with two attached hydrogens (primary N) is 1. The number of carbonyl (C=O) groups excluding carboxylic acids is 4. The zero-order chi connectivity index (χ0) is 33.7. The number of carbonyl (C=O) groups is 6. The van der Waals surface area contributed by atoms with Gasteiger partial charge in [0.1, 0.15) is 17.1 Å². The number of amides is 5. The van der Waals surface area contributed by atoms with E-state index < -0.39 is 86.9 Å². The molecule has 0 bridgehead atoms. The van der Waals surface area contributed by atoms with Crippen LogP contribution in [-0.4, -0.2) is 124 Å². The second-order valence-corrected chi connectivity index (χ2v) is 12.6. The zero-order valence-corrected chi connectivity index (χ0v) is 25.6. The highest BCUT2D eigenvalue weighted by Gasteiger charge is 2.66. The molecular weight excluding hydrogens is 676 g/mol. The third kappa shape index (κ3) is 5.51. The number of halogens is 1. The van der Waals surface area contributed by atoms with Crippen molar-refractivity contribution >= 4 is 81.2 Å². The molecule has 2 aromatic rings. The van der Waals surface area contributed by atoms with Crippen molar-refractivity contribution in [1.29, 1.82) is 0 Å². The normalized spacial score (nSPS) is 23.1.